The average molecular weight is 976 g/mol. The Morgan fingerprint density at radius 3 is 0.772 bits per heavy atom. The van der Waals surface area contributed by atoms with Gasteiger partial charge in [-0.1, -0.05) is 12.8 Å². The minimum absolute atomic E-state index is 0.532. The van der Waals surface area contributed by atoms with Crippen LogP contribution in [0.2, 0.25) is 143 Å². The van der Waals surface area contributed by atoms with Crippen molar-refractivity contribution in [1.29, 1.82) is 0 Å². The normalized spacial score (nSPS) is 26.9. The molecule has 2 saturated carbocycles. The second-order valence-corrected chi connectivity index (χ2v) is 60.3. The van der Waals surface area contributed by atoms with Crippen LogP contribution in [0.1, 0.15) is 51.4 Å². The van der Waals surface area contributed by atoms with Crippen LogP contribution in [0.15, 0.2) is 0 Å². The Morgan fingerprint density at radius 1 is 0.316 bits per heavy atom. The molecule has 6 atom stereocenters. The highest BCUT2D eigenvalue weighted by molar-refractivity contribution is 6.93. The fourth-order valence-corrected chi connectivity index (χ4v) is 61.5. The van der Waals surface area contributed by atoms with Crippen LogP contribution in [-0.4, -0.2) is 110 Å². The molecule has 2 saturated heterocycles. The summed E-state index contributed by atoms with van der Waals surface area (Å²) in [5, 5.41) is 0. The van der Waals surface area contributed by atoms with Gasteiger partial charge in [-0.2, -0.15) is 0 Å². The molecule has 2 aliphatic carbocycles. The molecule has 4 aliphatic rings. The van der Waals surface area contributed by atoms with E-state index in [4.69, 9.17) is 46.5 Å². The lowest BCUT2D eigenvalue weighted by Crippen LogP contribution is -2.62. The molecule has 21 heteroatoms. The first kappa shape index (κ1) is 51.4. The van der Waals surface area contributed by atoms with Gasteiger partial charge < -0.3 is 46.5 Å². The number of rotatable bonds is 24. The number of hydrogen-bond acceptors (Lipinski definition) is 11. The Bertz CT molecular complexity index is 1250. The zero-order valence-corrected chi connectivity index (χ0v) is 50.0. The van der Waals surface area contributed by atoms with E-state index in [-0.39, 0.29) is 0 Å². The number of epoxide rings is 2. The predicted octanol–water partition coefficient (Wildman–Crippen LogP) is 11.1. The van der Waals surface area contributed by atoms with Crippen molar-refractivity contribution in [3.63, 3.8) is 0 Å². The molecule has 0 amide bonds. The fraction of sp³-hybridized carbons (Fsp3) is 1.00. The van der Waals surface area contributed by atoms with Gasteiger partial charge in [0, 0.05) is 0 Å². The lowest BCUT2D eigenvalue weighted by Gasteiger charge is -2.44. The molecule has 0 aromatic carbocycles. The van der Waals surface area contributed by atoms with Crippen LogP contribution in [0, 0.1) is 11.8 Å². The Balaban J connectivity index is 1.24. The molecule has 336 valence electrons. The van der Waals surface area contributed by atoms with E-state index in [1.807, 2.05) is 0 Å². The SMILES string of the molecule is C[Si](C)(CCC1CCC2OC2C1)O[Si](C)(C)O[Si](C)(C)O[Si](C)(C)O[Si](C)(C)O[Si](C)(C)O[Si](C)(C)O[Si](C)(C)O[Si](C)(C)O[Si](C)(C)CCC1CCC2OC2C1. The predicted molar refractivity (Wildman–Crippen MR) is 255 cm³/mol. The Kier molecular flexibility index (Phi) is 16.5. The van der Waals surface area contributed by atoms with Crippen molar-refractivity contribution in [2.24, 2.45) is 11.8 Å². The number of hydrogen-bond donors (Lipinski definition) is 0. The summed E-state index contributed by atoms with van der Waals surface area (Å²) >= 11 is 0. The molecule has 4 fully saturated rings. The third kappa shape index (κ3) is 18.8. The molecule has 11 nitrogen and oxygen atoms in total. The first-order chi connectivity index (χ1) is 25.5. The Morgan fingerprint density at radius 2 is 0.544 bits per heavy atom. The molecule has 2 aliphatic heterocycles. The van der Waals surface area contributed by atoms with Gasteiger partial charge in [0.2, 0.25) is 0 Å². The Labute approximate surface area is 360 Å². The quantitative estimate of drug-likeness (QED) is 0.0681. The van der Waals surface area contributed by atoms with Crippen molar-refractivity contribution < 1.29 is 46.5 Å². The second-order valence-electron chi connectivity index (χ2n) is 22.5. The molecule has 0 spiro atoms. The first-order valence-corrected chi connectivity index (χ1v) is 50.8. The largest absolute Gasteiger partial charge is 0.436 e. The third-order valence-corrected chi connectivity index (χ3v) is 49.9. The van der Waals surface area contributed by atoms with Crippen molar-refractivity contribution in [3.8, 4) is 0 Å². The van der Waals surface area contributed by atoms with Gasteiger partial charge in [0.05, 0.1) is 24.4 Å². The molecular formula is C36H86O11Si10. The van der Waals surface area contributed by atoms with Crippen molar-refractivity contribution in [1.82, 2.24) is 0 Å². The van der Waals surface area contributed by atoms with Gasteiger partial charge in [-0.3, -0.25) is 0 Å². The van der Waals surface area contributed by atoms with Gasteiger partial charge in [0.15, 0.2) is 16.6 Å². The molecule has 4 rings (SSSR count). The van der Waals surface area contributed by atoms with Gasteiger partial charge in [0.1, 0.15) is 0 Å². The minimum atomic E-state index is -2.70. The van der Waals surface area contributed by atoms with E-state index in [2.05, 4.69) is 131 Å². The molecular weight excluding hydrogens is 889 g/mol. The summed E-state index contributed by atoms with van der Waals surface area (Å²) in [6.45, 7) is 43.6. The van der Waals surface area contributed by atoms with Gasteiger partial charge in [-0.25, -0.2) is 0 Å². The lowest BCUT2D eigenvalue weighted by molar-refractivity contribution is 0.257. The van der Waals surface area contributed by atoms with E-state index in [1.54, 1.807) is 0 Å². The average Bonchev–Trinajstić information content (AvgIpc) is 3.83. The van der Waals surface area contributed by atoms with Crippen LogP contribution in [-0.2, 0) is 46.5 Å². The van der Waals surface area contributed by atoms with Crippen LogP contribution in [0.5, 0.6) is 0 Å². The van der Waals surface area contributed by atoms with Gasteiger partial charge in [0.25, 0.3) is 0 Å². The smallest absolute Gasteiger partial charge is 0.314 e. The Hall–Kier alpha value is 1.73. The number of ether oxygens (including phenoxy) is 2. The van der Waals surface area contributed by atoms with Gasteiger partial charge in [-0.05, 0) is 193 Å². The van der Waals surface area contributed by atoms with E-state index in [9.17, 15) is 0 Å². The molecule has 0 N–H and O–H groups in total. The summed E-state index contributed by atoms with van der Waals surface area (Å²) in [5.74, 6) is 1.54. The van der Waals surface area contributed by atoms with Crippen LogP contribution >= 0.6 is 0 Å². The van der Waals surface area contributed by atoms with E-state index >= 15 is 0 Å². The molecule has 0 aromatic rings. The number of fused-ring (bicyclic) bond motifs is 2. The molecule has 57 heavy (non-hydrogen) atoms. The topological polar surface area (TPSA) is 108 Å². The van der Waals surface area contributed by atoms with Gasteiger partial charge >= 0.3 is 68.5 Å². The zero-order chi connectivity index (χ0) is 43.3. The maximum absolute atomic E-state index is 6.94. The minimum Gasteiger partial charge on any atom is -0.436 e. The van der Waals surface area contributed by atoms with Crippen molar-refractivity contribution in [3.05, 3.63) is 0 Å². The monoisotopic (exact) mass is 974 g/mol. The second kappa shape index (κ2) is 18.3. The summed E-state index contributed by atoms with van der Waals surface area (Å²) in [5.41, 5.74) is 0. The molecule has 0 aromatic heterocycles. The zero-order valence-electron chi connectivity index (χ0n) is 40.0. The molecule has 0 bridgehead atoms. The first-order valence-electron chi connectivity index (χ1n) is 22.1. The van der Waals surface area contributed by atoms with Crippen LogP contribution in [0.25, 0.3) is 0 Å². The van der Waals surface area contributed by atoms with Crippen LogP contribution in [0.4, 0.5) is 0 Å². The maximum Gasteiger partial charge on any atom is 0.314 e. The van der Waals surface area contributed by atoms with Crippen molar-refractivity contribution in [2.75, 3.05) is 0 Å². The molecule has 0 radical (unpaired) electrons. The summed E-state index contributed by atoms with van der Waals surface area (Å²) in [4.78, 5) is 0. The summed E-state index contributed by atoms with van der Waals surface area (Å²) < 4.78 is 73.6. The standard InChI is InChI=1S/C36H86O11Si10/c1-48(2,27-25-31-21-23-33-35(29-31)37-33)39-50(5,6)41-52(9,10)43-54(13,14)45-56(17,18)47-57(19,20)46-55(15,16)44-53(11,12)42-51(7,8)40-49(3,4)28-26-32-22-24-34-36(30-32)38-34/h31-36H,21-30H2,1-20H3. The highest BCUT2D eigenvalue weighted by atomic mass is 28.5. The lowest BCUT2D eigenvalue weighted by atomic mass is 9.88. The van der Waals surface area contributed by atoms with Crippen molar-refractivity contribution >= 4 is 85.1 Å². The molecule has 6 unspecified atom stereocenters. The summed E-state index contributed by atoms with van der Waals surface area (Å²) in [6.07, 6.45) is 12.1. The highest BCUT2D eigenvalue weighted by Gasteiger charge is 2.51. The van der Waals surface area contributed by atoms with E-state index in [1.165, 1.54) is 51.4 Å². The summed E-state index contributed by atoms with van der Waals surface area (Å²) in [7, 11) is -24.7. The van der Waals surface area contributed by atoms with E-state index in [0.29, 0.717) is 24.4 Å². The molecule has 2 heterocycles. The third-order valence-electron chi connectivity index (χ3n) is 11.0. The van der Waals surface area contributed by atoms with E-state index in [0.717, 1.165) is 23.9 Å². The highest BCUT2D eigenvalue weighted by Crippen LogP contribution is 2.43. The van der Waals surface area contributed by atoms with Crippen molar-refractivity contribution in [2.45, 2.75) is 219 Å². The van der Waals surface area contributed by atoms with Crippen LogP contribution < -0.4 is 0 Å². The van der Waals surface area contributed by atoms with Gasteiger partial charge in [-0.15, -0.1) is 0 Å². The fourth-order valence-electron chi connectivity index (χ4n) is 10.3. The van der Waals surface area contributed by atoms with E-state index < -0.39 is 85.1 Å². The summed E-state index contributed by atoms with van der Waals surface area (Å²) in [6, 6.07) is 2.31. The van der Waals surface area contributed by atoms with Crippen LogP contribution in [0.3, 0.4) is 0 Å². The maximum atomic E-state index is 6.94.